The summed E-state index contributed by atoms with van der Waals surface area (Å²) in [4.78, 5) is 28.8. The summed E-state index contributed by atoms with van der Waals surface area (Å²) in [6.07, 6.45) is 3.05. The number of anilines is 2. The molecule has 0 unspecified atom stereocenters. The molecule has 30 heavy (non-hydrogen) atoms. The van der Waals surface area contributed by atoms with Gasteiger partial charge in [-0.25, -0.2) is 4.79 Å². The summed E-state index contributed by atoms with van der Waals surface area (Å²) in [5, 5.41) is 5.94. The highest BCUT2D eigenvalue weighted by molar-refractivity contribution is 6.04. The lowest BCUT2D eigenvalue weighted by molar-refractivity contribution is 0.102. The van der Waals surface area contributed by atoms with E-state index >= 15 is 0 Å². The number of benzene rings is 2. The van der Waals surface area contributed by atoms with Gasteiger partial charge in [-0.15, -0.1) is 0 Å². The number of hydrogen-bond acceptors (Lipinski definition) is 3. The third kappa shape index (κ3) is 5.75. The quantitative estimate of drug-likeness (QED) is 0.677. The van der Waals surface area contributed by atoms with Gasteiger partial charge in [-0.2, -0.15) is 0 Å². The molecule has 0 aromatic heterocycles. The van der Waals surface area contributed by atoms with Gasteiger partial charge in [0.25, 0.3) is 5.91 Å². The van der Waals surface area contributed by atoms with Crippen molar-refractivity contribution in [3.8, 4) is 0 Å². The molecular weight excluding hydrogens is 376 g/mol. The maximum Gasteiger partial charge on any atom is 0.317 e. The molecule has 160 valence electrons. The zero-order valence-electron chi connectivity index (χ0n) is 18.0. The minimum atomic E-state index is -0.104. The molecule has 0 saturated carbocycles. The number of piperazine rings is 1. The predicted molar refractivity (Wildman–Crippen MR) is 122 cm³/mol. The molecule has 0 radical (unpaired) electrons. The van der Waals surface area contributed by atoms with Gasteiger partial charge in [0.15, 0.2) is 0 Å². The van der Waals surface area contributed by atoms with Gasteiger partial charge in [-0.3, -0.25) is 4.79 Å². The van der Waals surface area contributed by atoms with Crippen molar-refractivity contribution in [2.75, 3.05) is 42.9 Å². The van der Waals surface area contributed by atoms with Crippen molar-refractivity contribution in [1.82, 2.24) is 10.2 Å². The highest BCUT2D eigenvalue weighted by atomic mass is 16.2. The summed E-state index contributed by atoms with van der Waals surface area (Å²) in [6, 6.07) is 15.6. The van der Waals surface area contributed by atoms with Crippen molar-refractivity contribution in [3.63, 3.8) is 0 Å². The van der Waals surface area contributed by atoms with E-state index in [-0.39, 0.29) is 11.9 Å². The zero-order chi connectivity index (χ0) is 21.3. The van der Waals surface area contributed by atoms with E-state index < -0.39 is 0 Å². The molecule has 1 fully saturated rings. The average molecular weight is 409 g/mol. The van der Waals surface area contributed by atoms with Crippen molar-refractivity contribution in [3.05, 3.63) is 59.7 Å². The molecule has 6 heteroatoms. The Bertz CT molecular complexity index is 825. The zero-order valence-corrected chi connectivity index (χ0v) is 18.0. The Morgan fingerprint density at radius 3 is 2.17 bits per heavy atom. The first kappa shape index (κ1) is 21.7. The molecule has 1 aliphatic rings. The molecule has 6 nitrogen and oxygen atoms in total. The van der Waals surface area contributed by atoms with E-state index in [1.807, 2.05) is 53.4 Å². The normalized spacial score (nSPS) is 13.8. The Labute approximate surface area is 179 Å². The van der Waals surface area contributed by atoms with Gasteiger partial charge in [0, 0.05) is 49.7 Å². The molecule has 2 N–H and O–H groups in total. The highest BCUT2D eigenvalue weighted by Crippen LogP contribution is 2.20. The van der Waals surface area contributed by atoms with E-state index in [0.29, 0.717) is 18.7 Å². The SMILES string of the molecule is CCCCNC(=O)N1CCN(c2ccc(NC(=O)c3ccc(CC)cc3)cc2)CC1. The van der Waals surface area contributed by atoms with Gasteiger partial charge in [-0.1, -0.05) is 32.4 Å². The van der Waals surface area contributed by atoms with Crippen LogP contribution in [0.3, 0.4) is 0 Å². The Kier molecular flexibility index (Phi) is 7.71. The van der Waals surface area contributed by atoms with Gasteiger partial charge >= 0.3 is 6.03 Å². The number of nitrogens with one attached hydrogen (secondary N) is 2. The number of aryl methyl sites for hydroxylation is 1. The second kappa shape index (κ2) is 10.7. The van der Waals surface area contributed by atoms with E-state index in [1.165, 1.54) is 5.56 Å². The lowest BCUT2D eigenvalue weighted by atomic mass is 10.1. The van der Waals surface area contributed by atoms with Crippen LogP contribution >= 0.6 is 0 Å². The van der Waals surface area contributed by atoms with Crippen LogP contribution in [0, 0.1) is 0 Å². The predicted octanol–water partition coefficient (Wildman–Crippen LogP) is 4.13. The maximum absolute atomic E-state index is 12.4. The number of carbonyl (C=O) groups is 2. The third-order valence-electron chi connectivity index (χ3n) is 5.49. The highest BCUT2D eigenvalue weighted by Gasteiger charge is 2.21. The van der Waals surface area contributed by atoms with E-state index in [4.69, 9.17) is 0 Å². The topological polar surface area (TPSA) is 64.7 Å². The molecule has 0 atom stereocenters. The lowest BCUT2D eigenvalue weighted by Gasteiger charge is -2.36. The number of nitrogens with zero attached hydrogens (tertiary/aromatic N) is 2. The van der Waals surface area contributed by atoms with Crippen LogP contribution in [0.4, 0.5) is 16.2 Å². The third-order valence-corrected chi connectivity index (χ3v) is 5.49. The summed E-state index contributed by atoms with van der Waals surface area (Å²) in [7, 11) is 0. The first-order valence-corrected chi connectivity index (χ1v) is 10.9. The van der Waals surface area contributed by atoms with E-state index in [2.05, 4.69) is 29.4 Å². The Balaban J connectivity index is 1.50. The smallest absolute Gasteiger partial charge is 0.317 e. The van der Waals surface area contributed by atoms with Crippen LogP contribution in [0.25, 0.3) is 0 Å². The monoisotopic (exact) mass is 408 g/mol. The van der Waals surface area contributed by atoms with Crippen molar-refractivity contribution in [2.24, 2.45) is 0 Å². The van der Waals surface area contributed by atoms with Crippen LogP contribution in [0.15, 0.2) is 48.5 Å². The summed E-state index contributed by atoms with van der Waals surface area (Å²) >= 11 is 0. The lowest BCUT2D eigenvalue weighted by Crippen LogP contribution is -2.52. The molecule has 3 amide bonds. The van der Waals surface area contributed by atoms with Gasteiger partial charge in [-0.05, 0) is 54.8 Å². The van der Waals surface area contributed by atoms with Crippen LogP contribution in [0.2, 0.25) is 0 Å². The number of amides is 3. The van der Waals surface area contributed by atoms with Crippen molar-refractivity contribution in [1.29, 1.82) is 0 Å². The first-order chi connectivity index (χ1) is 14.6. The van der Waals surface area contributed by atoms with Crippen molar-refractivity contribution < 1.29 is 9.59 Å². The van der Waals surface area contributed by atoms with Gasteiger partial charge in [0.1, 0.15) is 0 Å². The maximum atomic E-state index is 12.4. The van der Waals surface area contributed by atoms with Crippen LogP contribution in [0.5, 0.6) is 0 Å². The van der Waals surface area contributed by atoms with E-state index in [1.54, 1.807) is 0 Å². The summed E-state index contributed by atoms with van der Waals surface area (Å²) < 4.78 is 0. The Hall–Kier alpha value is -3.02. The first-order valence-electron chi connectivity index (χ1n) is 10.9. The van der Waals surface area contributed by atoms with Crippen LogP contribution < -0.4 is 15.5 Å². The van der Waals surface area contributed by atoms with Crippen molar-refractivity contribution >= 4 is 23.3 Å². The van der Waals surface area contributed by atoms with E-state index in [9.17, 15) is 9.59 Å². The molecule has 0 spiro atoms. The van der Waals surface area contributed by atoms with Crippen LogP contribution in [-0.2, 0) is 6.42 Å². The molecule has 2 aromatic carbocycles. The number of urea groups is 1. The standard InChI is InChI=1S/C24H32N4O2/c1-3-5-14-25-24(30)28-17-15-27(16-18-28)22-12-10-21(11-13-22)26-23(29)20-8-6-19(4-2)7-9-20/h6-13H,3-5,14-18H2,1-2H3,(H,25,30)(H,26,29). The largest absolute Gasteiger partial charge is 0.368 e. The minimum Gasteiger partial charge on any atom is -0.368 e. The molecule has 2 aromatic rings. The summed E-state index contributed by atoms with van der Waals surface area (Å²) in [5.41, 5.74) is 3.75. The Morgan fingerprint density at radius 1 is 0.900 bits per heavy atom. The molecule has 0 aliphatic carbocycles. The fourth-order valence-electron chi connectivity index (χ4n) is 3.50. The minimum absolute atomic E-state index is 0.0353. The number of hydrogen-bond donors (Lipinski definition) is 2. The number of carbonyl (C=O) groups excluding carboxylic acids is 2. The molecule has 1 aliphatic heterocycles. The fourth-order valence-corrected chi connectivity index (χ4v) is 3.50. The molecule has 1 saturated heterocycles. The van der Waals surface area contributed by atoms with Crippen LogP contribution in [0.1, 0.15) is 42.6 Å². The molecule has 3 rings (SSSR count). The molecule has 1 heterocycles. The van der Waals surface area contributed by atoms with Crippen LogP contribution in [-0.4, -0.2) is 49.6 Å². The van der Waals surface area contributed by atoms with Gasteiger partial charge < -0.3 is 20.4 Å². The number of unbranched alkanes of at least 4 members (excludes halogenated alkanes) is 1. The van der Waals surface area contributed by atoms with Crippen molar-refractivity contribution in [2.45, 2.75) is 33.1 Å². The molecular formula is C24H32N4O2. The van der Waals surface area contributed by atoms with E-state index in [0.717, 1.165) is 50.3 Å². The second-order valence-corrected chi connectivity index (χ2v) is 7.61. The summed E-state index contributed by atoms with van der Waals surface area (Å²) in [6.45, 7) is 7.98. The fraction of sp³-hybridized carbons (Fsp3) is 0.417. The number of rotatable bonds is 7. The second-order valence-electron chi connectivity index (χ2n) is 7.61. The average Bonchev–Trinajstić information content (AvgIpc) is 2.80. The van der Waals surface area contributed by atoms with Gasteiger partial charge in [0.05, 0.1) is 0 Å². The Morgan fingerprint density at radius 2 is 1.57 bits per heavy atom. The summed E-state index contributed by atoms with van der Waals surface area (Å²) in [5.74, 6) is -0.104. The van der Waals surface area contributed by atoms with Gasteiger partial charge in [0.2, 0.25) is 0 Å². The molecule has 0 bridgehead atoms.